The summed E-state index contributed by atoms with van der Waals surface area (Å²) in [5, 5.41) is 3.47. The number of ether oxygens (including phenoxy) is 1. The molecule has 0 atom stereocenters. The number of halogens is 2. The average Bonchev–Trinajstić information content (AvgIpc) is 3.10. The third kappa shape index (κ3) is 3.36. The van der Waals surface area contributed by atoms with Gasteiger partial charge in [-0.3, -0.25) is 0 Å². The van der Waals surface area contributed by atoms with Crippen molar-refractivity contribution in [1.82, 2.24) is 5.32 Å². The first-order valence-electron chi connectivity index (χ1n) is 5.78. The average molecular weight is 319 g/mol. The Labute approximate surface area is 116 Å². The van der Waals surface area contributed by atoms with Crippen molar-refractivity contribution in [2.75, 3.05) is 19.5 Å². The largest absolute Gasteiger partial charge is 0.496 e. The summed E-state index contributed by atoms with van der Waals surface area (Å²) in [6.45, 7) is 1.81. The third-order valence-electron chi connectivity index (χ3n) is 3.30. The van der Waals surface area contributed by atoms with Gasteiger partial charge in [-0.25, -0.2) is 0 Å². The molecular formula is C13H17BrClNO. The number of methoxy groups -OCH3 is 1. The Kier molecular flexibility index (Phi) is 4.34. The van der Waals surface area contributed by atoms with Crippen molar-refractivity contribution in [1.29, 1.82) is 0 Å². The molecule has 1 N–H and O–H groups in total. The molecule has 1 saturated carbocycles. The van der Waals surface area contributed by atoms with Crippen LogP contribution in [-0.4, -0.2) is 19.5 Å². The molecule has 1 aliphatic rings. The Morgan fingerprint density at radius 2 is 2.24 bits per heavy atom. The lowest BCUT2D eigenvalue weighted by atomic mass is 10.1. The van der Waals surface area contributed by atoms with E-state index in [0.29, 0.717) is 5.41 Å². The molecule has 17 heavy (non-hydrogen) atoms. The second-order valence-corrected chi connectivity index (χ2v) is 5.88. The molecule has 2 rings (SSSR count). The zero-order valence-electron chi connectivity index (χ0n) is 9.93. The maximum atomic E-state index is 5.95. The van der Waals surface area contributed by atoms with Crippen molar-refractivity contribution in [3.8, 4) is 5.75 Å². The predicted octanol–water partition coefficient (Wildman–Crippen LogP) is 3.57. The molecule has 0 unspecified atom stereocenters. The van der Waals surface area contributed by atoms with Crippen LogP contribution in [0.5, 0.6) is 5.75 Å². The fourth-order valence-electron chi connectivity index (χ4n) is 1.88. The standard InChI is InChI=1S/C13H17BrClNO/c1-17-12-3-2-11(14)6-10(12)7-16-9-13(8-15)4-5-13/h2-3,6,16H,4-5,7-9H2,1H3. The quantitative estimate of drug-likeness (QED) is 0.810. The van der Waals surface area contributed by atoms with Crippen molar-refractivity contribution in [3.63, 3.8) is 0 Å². The summed E-state index contributed by atoms with van der Waals surface area (Å²) in [6, 6.07) is 6.06. The minimum absolute atomic E-state index is 0.362. The van der Waals surface area contributed by atoms with Crippen LogP contribution in [0.4, 0.5) is 0 Å². The highest BCUT2D eigenvalue weighted by Gasteiger charge is 2.41. The second-order valence-electron chi connectivity index (χ2n) is 4.69. The van der Waals surface area contributed by atoms with Crippen LogP contribution < -0.4 is 10.1 Å². The summed E-state index contributed by atoms with van der Waals surface area (Å²) in [7, 11) is 1.70. The summed E-state index contributed by atoms with van der Waals surface area (Å²) in [6.07, 6.45) is 2.50. The third-order valence-corrected chi connectivity index (χ3v) is 4.36. The first-order chi connectivity index (χ1) is 8.19. The molecule has 0 radical (unpaired) electrons. The zero-order valence-corrected chi connectivity index (χ0v) is 12.3. The number of nitrogens with one attached hydrogen (secondary N) is 1. The van der Waals surface area contributed by atoms with E-state index in [-0.39, 0.29) is 0 Å². The summed E-state index contributed by atoms with van der Waals surface area (Å²) in [5.41, 5.74) is 1.54. The topological polar surface area (TPSA) is 21.3 Å². The van der Waals surface area contributed by atoms with Crippen molar-refractivity contribution in [2.24, 2.45) is 5.41 Å². The van der Waals surface area contributed by atoms with Gasteiger partial charge < -0.3 is 10.1 Å². The van der Waals surface area contributed by atoms with Gasteiger partial charge in [-0.2, -0.15) is 0 Å². The fraction of sp³-hybridized carbons (Fsp3) is 0.538. The van der Waals surface area contributed by atoms with Crippen molar-refractivity contribution in [3.05, 3.63) is 28.2 Å². The number of benzene rings is 1. The van der Waals surface area contributed by atoms with E-state index in [1.54, 1.807) is 7.11 Å². The summed E-state index contributed by atoms with van der Waals surface area (Å²) >= 11 is 9.43. The van der Waals surface area contributed by atoms with Crippen LogP contribution in [-0.2, 0) is 6.54 Å². The molecule has 0 heterocycles. The first kappa shape index (κ1) is 13.2. The van der Waals surface area contributed by atoms with Gasteiger partial charge in [0.1, 0.15) is 5.75 Å². The van der Waals surface area contributed by atoms with Gasteiger partial charge >= 0.3 is 0 Å². The van der Waals surface area contributed by atoms with E-state index in [1.165, 1.54) is 18.4 Å². The normalized spacial score (nSPS) is 16.9. The molecule has 0 aliphatic heterocycles. The van der Waals surface area contributed by atoms with E-state index in [4.69, 9.17) is 16.3 Å². The Morgan fingerprint density at radius 3 is 2.82 bits per heavy atom. The highest BCUT2D eigenvalue weighted by Crippen LogP contribution is 2.45. The van der Waals surface area contributed by atoms with Crippen LogP contribution >= 0.6 is 27.5 Å². The Balaban J connectivity index is 1.91. The van der Waals surface area contributed by atoms with Gasteiger partial charge in [0.05, 0.1) is 7.11 Å². The number of rotatable bonds is 6. The maximum Gasteiger partial charge on any atom is 0.123 e. The first-order valence-corrected chi connectivity index (χ1v) is 7.11. The zero-order chi connectivity index (χ0) is 12.3. The van der Waals surface area contributed by atoms with E-state index >= 15 is 0 Å². The summed E-state index contributed by atoms with van der Waals surface area (Å²) < 4.78 is 6.42. The molecule has 0 spiro atoms. The van der Waals surface area contributed by atoms with E-state index in [2.05, 4.69) is 27.3 Å². The van der Waals surface area contributed by atoms with Gasteiger partial charge in [0, 0.05) is 29.0 Å². The molecule has 1 aromatic carbocycles. The van der Waals surface area contributed by atoms with E-state index in [1.807, 2.05) is 12.1 Å². The molecule has 0 aromatic heterocycles. The number of alkyl halides is 1. The smallest absolute Gasteiger partial charge is 0.123 e. The molecule has 0 saturated heterocycles. The molecule has 94 valence electrons. The fourth-order valence-corrected chi connectivity index (χ4v) is 2.65. The van der Waals surface area contributed by atoms with E-state index in [0.717, 1.165) is 29.2 Å². The predicted molar refractivity (Wildman–Crippen MR) is 74.8 cm³/mol. The summed E-state index contributed by atoms with van der Waals surface area (Å²) in [5.74, 6) is 1.69. The SMILES string of the molecule is COc1ccc(Br)cc1CNCC1(CCl)CC1. The Hall–Kier alpha value is -0.250. The molecule has 0 amide bonds. The molecule has 2 nitrogen and oxygen atoms in total. The van der Waals surface area contributed by atoms with Crippen molar-refractivity contribution in [2.45, 2.75) is 19.4 Å². The lowest BCUT2D eigenvalue weighted by Gasteiger charge is -2.14. The molecule has 4 heteroatoms. The molecule has 1 fully saturated rings. The molecule has 0 bridgehead atoms. The van der Waals surface area contributed by atoms with Crippen LogP contribution in [0, 0.1) is 5.41 Å². The molecule has 1 aliphatic carbocycles. The van der Waals surface area contributed by atoms with Crippen molar-refractivity contribution < 1.29 is 4.74 Å². The van der Waals surface area contributed by atoms with Crippen molar-refractivity contribution >= 4 is 27.5 Å². The van der Waals surface area contributed by atoms with E-state index < -0.39 is 0 Å². The summed E-state index contributed by atoms with van der Waals surface area (Å²) in [4.78, 5) is 0. The van der Waals surface area contributed by atoms with Crippen LogP contribution in [0.1, 0.15) is 18.4 Å². The lowest BCUT2D eigenvalue weighted by molar-refractivity contribution is 0.405. The Morgan fingerprint density at radius 1 is 1.47 bits per heavy atom. The monoisotopic (exact) mass is 317 g/mol. The highest BCUT2D eigenvalue weighted by atomic mass is 79.9. The maximum absolute atomic E-state index is 5.95. The van der Waals surface area contributed by atoms with Crippen LogP contribution in [0.15, 0.2) is 22.7 Å². The lowest BCUT2D eigenvalue weighted by Crippen LogP contribution is -2.24. The van der Waals surface area contributed by atoms with Gasteiger partial charge in [-0.05, 0) is 36.5 Å². The van der Waals surface area contributed by atoms with Gasteiger partial charge in [0.2, 0.25) is 0 Å². The number of hydrogen-bond donors (Lipinski definition) is 1. The minimum Gasteiger partial charge on any atom is -0.496 e. The minimum atomic E-state index is 0.362. The van der Waals surface area contributed by atoms with Crippen LogP contribution in [0.25, 0.3) is 0 Å². The van der Waals surface area contributed by atoms with Crippen LogP contribution in [0.2, 0.25) is 0 Å². The highest BCUT2D eigenvalue weighted by molar-refractivity contribution is 9.10. The number of hydrogen-bond acceptors (Lipinski definition) is 2. The van der Waals surface area contributed by atoms with Gasteiger partial charge in [0.25, 0.3) is 0 Å². The van der Waals surface area contributed by atoms with E-state index in [9.17, 15) is 0 Å². The Bertz CT molecular complexity index is 393. The van der Waals surface area contributed by atoms with Gasteiger partial charge in [0.15, 0.2) is 0 Å². The van der Waals surface area contributed by atoms with Crippen LogP contribution in [0.3, 0.4) is 0 Å². The van der Waals surface area contributed by atoms with Gasteiger partial charge in [-0.15, -0.1) is 11.6 Å². The van der Waals surface area contributed by atoms with Gasteiger partial charge in [-0.1, -0.05) is 15.9 Å². The second kappa shape index (κ2) is 5.59. The molecule has 1 aromatic rings. The molecular weight excluding hydrogens is 302 g/mol.